The Kier molecular flexibility index (Phi) is 6.74. The summed E-state index contributed by atoms with van der Waals surface area (Å²) in [5.74, 6) is 0.868. The molecule has 1 aliphatic rings. The molecule has 0 unspecified atom stereocenters. The van der Waals surface area contributed by atoms with Crippen LogP contribution in [0.2, 0.25) is 0 Å². The van der Waals surface area contributed by atoms with Gasteiger partial charge in [-0.15, -0.1) is 0 Å². The summed E-state index contributed by atoms with van der Waals surface area (Å²) in [4.78, 5) is 15.4. The van der Waals surface area contributed by atoms with Crippen LogP contribution < -0.4 is 9.80 Å². The highest BCUT2D eigenvalue weighted by Gasteiger charge is 2.30. The summed E-state index contributed by atoms with van der Waals surface area (Å²) in [6, 6.07) is 65.9. The van der Waals surface area contributed by atoms with Crippen molar-refractivity contribution in [3.63, 3.8) is 0 Å². The van der Waals surface area contributed by atoms with Crippen molar-refractivity contribution in [2.75, 3.05) is 9.80 Å². The molecule has 240 valence electrons. The van der Waals surface area contributed by atoms with Gasteiger partial charge in [0.25, 0.3) is 0 Å². The fourth-order valence-electron chi connectivity index (χ4n) is 7.43. The largest absolute Gasteiger partial charge is 0.306 e. The highest BCUT2D eigenvalue weighted by molar-refractivity contribution is 6.09. The first kappa shape index (κ1) is 29.0. The van der Waals surface area contributed by atoms with E-state index in [-0.39, 0.29) is 0 Å². The normalized spacial score (nSPS) is 12.2. The van der Waals surface area contributed by atoms with Crippen LogP contribution in [0.15, 0.2) is 188 Å². The van der Waals surface area contributed by atoms with E-state index in [0.29, 0.717) is 0 Å². The molecule has 7 aromatic carbocycles. The molecule has 9 aromatic rings. The second-order valence-electron chi connectivity index (χ2n) is 12.7. The second kappa shape index (κ2) is 11.9. The number of rotatable bonds is 5. The molecule has 0 radical (unpaired) electrons. The minimum atomic E-state index is 0.868. The van der Waals surface area contributed by atoms with Crippen molar-refractivity contribution < 1.29 is 0 Å². The van der Waals surface area contributed by atoms with Gasteiger partial charge in [-0.05, 0) is 78.9 Å². The molecule has 5 nitrogen and oxygen atoms in total. The molecular formula is C46H31N5. The summed E-state index contributed by atoms with van der Waals surface area (Å²) >= 11 is 0. The van der Waals surface area contributed by atoms with Crippen LogP contribution in [0.1, 0.15) is 0 Å². The minimum Gasteiger partial charge on any atom is -0.306 e. The lowest BCUT2D eigenvalue weighted by Crippen LogP contribution is -2.23. The summed E-state index contributed by atoms with van der Waals surface area (Å²) in [7, 11) is 0. The Morgan fingerprint density at radius 3 is 1.41 bits per heavy atom. The van der Waals surface area contributed by atoms with Crippen molar-refractivity contribution in [2.45, 2.75) is 0 Å². The van der Waals surface area contributed by atoms with Crippen molar-refractivity contribution in [1.82, 2.24) is 14.5 Å². The smallest absolute Gasteiger partial charge is 0.145 e. The molecule has 2 aromatic heterocycles. The highest BCUT2D eigenvalue weighted by atomic mass is 15.3. The zero-order valence-electron chi connectivity index (χ0n) is 27.6. The zero-order valence-corrected chi connectivity index (χ0v) is 27.6. The molecule has 0 bridgehead atoms. The number of pyridine rings is 1. The zero-order chi connectivity index (χ0) is 33.7. The second-order valence-corrected chi connectivity index (χ2v) is 12.7. The molecule has 0 amide bonds. The van der Waals surface area contributed by atoms with Gasteiger partial charge in [0.15, 0.2) is 0 Å². The third-order valence-electron chi connectivity index (χ3n) is 9.68. The van der Waals surface area contributed by atoms with Crippen molar-refractivity contribution in [3.8, 4) is 28.3 Å². The average molecular weight is 654 g/mol. The van der Waals surface area contributed by atoms with Crippen LogP contribution in [0.4, 0.5) is 34.1 Å². The lowest BCUT2D eigenvalue weighted by Gasteiger charge is -2.40. The number of imidazole rings is 1. The molecule has 51 heavy (non-hydrogen) atoms. The van der Waals surface area contributed by atoms with Gasteiger partial charge in [0.05, 0.1) is 34.0 Å². The first-order valence-corrected chi connectivity index (χ1v) is 17.2. The van der Waals surface area contributed by atoms with Crippen LogP contribution in [-0.2, 0) is 0 Å². The van der Waals surface area contributed by atoms with Gasteiger partial charge in [-0.1, -0.05) is 109 Å². The van der Waals surface area contributed by atoms with Crippen LogP contribution in [0, 0.1) is 0 Å². The van der Waals surface area contributed by atoms with E-state index in [2.05, 4.69) is 190 Å². The standard InChI is InChI=1S/C46H31N5/c1-4-16-32(17-5-1)43-45-44(37-22-10-11-23-38(37)47-43)48-46(51(45)35-20-8-3-9-21-35)33-28-30-36(31-29-33)50-41-26-14-12-24-39(41)49(34-18-6-2-7-19-34)40-25-13-15-27-42(40)50/h1-31H. The van der Waals surface area contributed by atoms with Crippen LogP contribution in [0.3, 0.4) is 0 Å². The fraction of sp³-hybridized carbons (Fsp3) is 0. The number of benzene rings is 7. The molecule has 0 atom stereocenters. The summed E-state index contributed by atoms with van der Waals surface area (Å²) in [5, 5.41) is 1.03. The number of hydrogen-bond acceptors (Lipinski definition) is 4. The predicted molar refractivity (Wildman–Crippen MR) is 210 cm³/mol. The molecule has 0 fully saturated rings. The lowest BCUT2D eigenvalue weighted by atomic mass is 10.0. The van der Waals surface area contributed by atoms with Gasteiger partial charge in [-0.25, -0.2) is 9.97 Å². The van der Waals surface area contributed by atoms with E-state index in [4.69, 9.17) is 9.97 Å². The van der Waals surface area contributed by atoms with Gasteiger partial charge in [0.1, 0.15) is 16.9 Å². The Labute approximate surface area is 296 Å². The molecule has 0 spiro atoms. The molecule has 3 heterocycles. The third-order valence-corrected chi connectivity index (χ3v) is 9.68. The topological polar surface area (TPSA) is 37.2 Å². The maximum absolute atomic E-state index is 5.43. The summed E-state index contributed by atoms with van der Waals surface area (Å²) in [5.41, 5.74) is 13.6. The maximum atomic E-state index is 5.43. The van der Waals surface area contributed by atoms with Gasteiger partial charge in [-0.3, -0.25) is 4.57 Å². The Bertz CT molecular complexity index is 2640. The van der Waals surface area contributed by atoms with Gasteiger partial charge < -0.3 is 9.80 Å². The molecule has 0 saturated carbocycles. The Morgan fingerprint density at radius 1 is 0.353 bits per heavy atom. The predicted octanol–water partition coefficient (Wildman–Crippen LogP) is 12.2. The quantitative estimate of drug-likeness (QED) is 0.185. The molecule has 10 rings (SSSR count). The molecular weight excluding hydrogens is 623 g/mol. The third kappa shape index (κ3) is 4.71. The van der Waals surface area contributed by atoms with E-state index in [1.807, 2.05) is 12.1 Å². The number of fused-ring (bicyclic) bond motifs is 5. The molecule has 1 aliphatic heterocycles. The Hall–Kier alpha value is -6.98. The maximum Gasteiger partial charge on any atom is 0.145 e. The first-order chi connectivity index (χ1) is 25.3. The highest BCUT2D eigenvalue weighted by Crippen LogP contribution is 2.54. The van der Waals surface area contributed by atoms with Gasteiger partial charge >= 0.3 is 0 Å². The number of hydrogen-bond donors (Lipinski definition) is 0. The average Bonchev–Trinajstić information content (AvgIpc) is 3.62. The van der Waals surface area contributed by atoms with E-state index in [1.54, 1.807) is 0 Å². The van der Waals surface area contributed by atoms with Crippen LogP contribution in [-0.4, -0.2) is 14.5 Å². The van der Waals surface area contributed by atoms with Gasteiger partial charge in [0, 0.05) is 33.6 Å². The first-order valence-electron chi connectivity index (χ1n) is 17.2. The molecule has 0 N–H and O–H groups in total. The van der Waals surface area contributed by atoms with Crippen molar-refractivity contribution in [3.05, 3.63) is 188 Å². The number of nitrogens with zero attached hydrogens (tertiary/aromatic N) is 5. The lowest BCUT2D eigenvalue weighted by molar-refractivity contribution is 1.10. The van der Waals surface area contributed by atoms with E-state index in [1.165, 1.54) is 0 Å². The molecule has 0 saturated heterocycles. The summed E-state index contributed by atoms with van der Waals surface area (Å²) < 4.78 is 2.27. The molecule has 0 aliphatic carbocycles. The number of para-hydroxylation sites is 7. The van der Waals surface area contributed by atoms with Gasteiger partial charge in [-0.2, -0.15) is 0 Å². The summed E-state index contributed by atoms with van der Waals surface area (Å²) in [6.45, 7) is 0. The van der Waals surface area contributed by atoms with E-state index >= 15 is 0 Å². The SMILES string of the molecule is c1ccc(-c2nc3ccccc3c3nc(-c4ccc(N5c6ccccc6N(c6ccccc6)c6ccccc65)cc4)n(-c4ccccc4)c23)cc1. The van der Waals surface area contributed by atoms with E-state index in [0.717, 1.165) is 84.4 Å². The van der Waals surface area contributed by atoms with Crippen molar-refractivity contribution in [1.29, 1.82) is 0 Å². The minimum absolute atomic E-state index is 0.868. The van der Waals surface area contributed by atoms with E-state index in [9.17, 15) is 0 Å². The number of aromatic nitrogens is 3. The fourth-order valence-corrected chi connectivity index (χ4v) is 7.43. The molecule has 5 heteroatoms. The Morgan fingerprint density at radius 2 is 0.824 bits per heavy atom. The van der Waals surface area contributed by atoms with Crippen LogP contribution in [0.5, 0.6) is 0 Å². The van der Waals surface area contributed by atoms with E-state index < -0.39 is 0 Å². The van der Waals surface area contributed by atoms with Crippen molar-refractivity contribution in [2.24, 2.45) is 0 Å². The monoisotopic (exact) mass is 653 g/mol. The van der Waals surface area contributed by atoms with Crippen LogP contribution in [0.25, 0.3) is 50.3 Å². The Balaban J connectivity index is 1.17. The van der Waals surface area contributed by atoms with Crippen LogP contribution >= 0.6 is 0 Å². The van der Waals surface area contributed by atoms with Crippen molar-refractivity contribution >= 4 is 56.1 Å². The van der Waals surface area contributed by atoms with Gasteiger partial charge in [0.2, 0.25) is 0 Å². The number of anilines is 6. The summed E-state index contributed by atoms with van der Waals surface area (Å²) in [6.07, 6.45) is 0.